The largest absolute Gasteiger partial charge is 0.493 e. The molecule has 2 aromatic carbocycles. The summed E-state index contributed by atoms with van der Waals surface area (Å²) in [4.78, 5) is 36.7. The van der Waals surface area contributed by atoms with Crippen molar-refractivity contribution in [1.29, 1.82) is 0 Å². The minimum absolute atomic E-state index is 0.288. The highest BCUT2D eigenvalue weighted by Gasteiger charge is 2.20. The molecule has 1 atom stereocenters. The van der Waals surface area contributed by atoms with E-state index in [9.17, 15) is 14.4 Å². The van der Waals surface area contributed by atoms with E-state index in [-0.39, 0.29) is 12.3 Å². The van der Waals surface area contributed by atoms with Crippen molar-refractivity contribution in [2.75, 3.05) is 13.2 Å². The summed E-state index contributed by atoms with van der Waals surface area (Å²) in [6.07, 6.45) is -0.0573. The van der Waals surface area contributed by atoms with Crippen molar-refractivity contribution in [3.63, 3.8) is 0 Å². The van der Waals surface area contributed by atoms with Crippen molar-refractivity contribution >= 4 is 17.7 Å². The third-order valence-corrected chi connectivity index (χ3v) is 4.15. The molecule has 0 aromatic heterocycles. The zero-order chi connectivity index (χ0) is 20.5. The van der Waals surface area contributed by atoms with Crippen LogP contribution in [0.25, 0.3) is 0 Å². The van der Waals surface area contributed by atoms with Crippen LogP contribution in [0.3, 0.4) is 0 Å². The molecule has 0 spiro atoms. The van der Waals surface area contributed by atoms with Gasteiger partial charge < -0.3 is 14.8 Å². The lowest BCUT2D eigenvalue weighted by Crippen LogP contribution is -2.34. The number of Topliss-reactive ketones (excluding diaryl/α,β-unsaturated/α-hetero) is 1. The number of benzene rings is 2. The molecule has 1 amide bonds. The van der Waals surface area contributed by atoms with Crippen LogP contribution in [0.2, 0.25) is 0 Å². The van der Waals surface area contributed by atoms with Crippen LogP contribution in [0.4, 0.5) is 0 Å². The number of carbonyl (C=O) groups is 3. The summed E-state index contributed by atoms with van der Waals surface area (Å²) in [6.45, 7) is 5.44. The Morgan fingerprint density at radius 3 is 2.32 bits per heavy atom. The Morgan fingerprint density at radius 1 is 1.00 bits per heavy atom. The third-order valence-electron chi connectivity index (χ3n) is 4.15. The lowest BCUT2D eigenvalue weighted by Gasteiger charge is -2.14. The predicted molar refractivity (Wildman–Crippen MR) is 106 cm³/mol. The average molecular weight is 383 g/mol. The molecule has 148 valence electrons. The number of hydrogen-bond donors (Lipinski definition) is 1. The first-order chi connectivity index (χ1) is 13.5. The van der Waals surface area contributed by atoms with Gasteiger partial charge in [-0.15, -0.1) is 0 Å². The Hall–Kier alpha value is -3.15. The molecule has 0 aliphatic carbocycles. The third kappa shape index (κ3) is 5.67. The summed E-state index contributed by atoms with van der Waals surface area (Å²) in [5.41, 5.74) is 1.93. The van der Waals surface area contributed by atoms with E-state index in [1.165, 1.54) is 6.92 Å². The van der Waals surface area contributed by atoms with Crippen LogP contribution in [0.5, 0.6) is 5.75 Å². The predicted octanol–water partition coefficient (Wildman–Crippen LogP) is 3.19. The highest BCUT2D eigenvalue weighted by molar-refractivity contribution is 6.01. The number of ketones is 1. The van der Waals surface area contributed by atoms with Crippen LogP contribution in [0.15, 0.2) is 48.5 Å². The summed E-state index contributed by atoms with van der Waals surface area (Å²) >= 11 is 0. The van der Waals surface area contributed by atoms with E-state index < -0.39 is 18.0 Å². The number of carbonyl (C=O) groups excluding carboxylic acids is 3. The Kier molecular flexibility index (Phi) is 7.75. The summed E-state index contributed by atoms with van der Waals surface area (Å²) in [5, 5.41) is 2.49. The molecule has 28 heavy (non-hydrogen) atoms. The Labute approximate surface area is 164 Å². The fourth-order valence-corrected chi connectivity index (χ4v) is 2.62. The molecule has 0 saturated carbocycles. The van der Waals surface area contributed by atoms with Crippen molar-refractivity contribution in [1.82, 2.24) is 5.32 Å². The van der Waals surface area contributed by atoms with Crippen LogP contribution in [-0.4, -0.2) is 36.9 Å². The molecule has 0 heterocycles. The van der Waals surface area contributed by atoms with Gasteiger partial charge in [0.1, 0.15) is 12.3 Å². The summed E-state index contributed by atoms with van der Waals surface area (Å²) in [5.74, 6) is -0.984. The standard InChI is InChI=1S/C22H25NO5/c1-4-16-10-12-17(13-11-16)21(25)15(3)28-20(24)14-23-22(26)18-8-6-7-9-19(18)27-5-2/h6-13,15H,4-5,14H2,1-3H3,(H,23,26)/t15-/m1/s1. The molecular weight excluding hydrogens is 358 g/mol. The molecule has 2 aromatic rings. The second-order valence-corrected chi connectivity index (χ2v) is 6.16. The number of aryl methyl sites for hydroxylation is 1. The molecule has 0 bridgehead atoms. The monoisotopic (exact) mass is 383 g/mol. The summed E-state index contributed by atoms with van der Waals surface area (Å²) < 4.78 is 10.6. The second kappa shape index (κ2) is 10.3. The van der Waals surface area contributed by atoms with E-state index in [2.05, 4.69) is 5.32 Å². The first kappa shape index (κ1) is 21.2. The summed E-state index contributed by atoms with van der Waals surface area (Å²) in [7, 11) is 0. The van der Waals surface area contributed by atoms with E-state index in [1.54, 1.807) is 36.4 Å². The summed E-state index contributed by atoms with van der Waals surface area (Å²) in [6, 6.07) is 13.9. The molecule has 1 N–H and O–H groups in total. The molecular formula is C22H25NO5. The van der Waals surface area contributed by atoms with Crippen LogP contribution in [0, 0.1) is 0 Å². The van der Waals surface area contributed by atoms with Crippen molar-refractivity contribution in [3.8, 4) is 5.75 Å². The minimum Gasteiger partial charge on any atom is -0.493 e. The highest BCUT2D eigenvalue weighted by Crippen LogP contribution is 2.17. The smallest absolute Gasteiger partial charge is 0.326 e. The van der Waals surface area contributed by atoms with Crippen LogP contribution >= 0.6 is 0 Å². The highest BCUT2D eigenvalue weighted by atomic mass is 16.5. The first-order valence-corrected chi connectivity index (χ1v) is 9.28. The van der Waals surface area contributed by atoms with Gasteiger partial charge in [-0.3, -0.25) is 14.4 Å². The number of amides is 1. The number of rotatable bonds is 9. The quantitative estimate of drug-likeness (QED) is 0.531. The number of esters is 1. The molecule has 6 heteroatoms. The van der Waals surface area contributed by atoms with Crippen molar-refractivity contribution in [2.45, 2.75) is 33.3 Å². The maximum atomic E-state index is 12.4. The van der Waals surface area contributed by atoms with Gasteiger partial charge in [0.15, 0.2) is 6.10 Å². The van der Waals surface area contributed by atoms with Gasteiger partial charge >= 0.3 is 5.97 Å². The van der Waals surface area contributed by atoms with Gasteiger partial charge in [0.25, 0.3) is 5.91 Å². The number of para-hydroxylation sites is 1. The van der Waals surface area contributed by atoms with Crippen molar-refractivity contribution in [2.24, 2.45) is 0 Å². The first-order valence-electron chi connectivity index (χ1n) is 9.28. The SMILES string of the molecule is CCOc1ccccc1C(=O)NCC(=O)O[C@H](C)C(=O)c1ccc(CC)cc1. The van der Waals surface area contributed by atoms with E-state index >= 15 is 0 Å². The fourth-order valence-electron chi connectivity index (χ4n) is 2.62. The molecule has 0 radical (unpaired) electrons. The zero-order valence-electron chi connectivity index (χ0n) is 16.4. The van der Waals surface area contributed by atoms with Crippen LogP contribution in [-0.2, 0) is 16.0 Å². The minimum atomic E-state index is -0.937. The molecule has 6 nitrogen and oxygen atoms in total. The number of ether oxygens (including phenoxy) is 2. The van der Waals surface area contributed by atoms with E-state index in [0.717, 1.165) is 12.0 Å². The lowest BCUT2D eigenvalue weighted by molar-refractivity contribution is -0.145. The van der Waals surface area contributed by atoms with Gasteiger partial charge in [-0.1, -0.05) is 43.3 Å². The van der Waals surface area contributed by atoms with Gasteiger partial charge in [-0.25, -0.2) is 0 Å². The molecule has 0 aliphatic heterocycles. The Morgan fingerprint density at radius 2 is 1.68 bits per heavy atom. The molecule has 0 aliphatic rings. The van der Waals surface area contributed by atoms with E-state index in [1.807, 2.05) is 26.0 Å². The molecule has 0 fully saturated rings. The van der Waals surface area contributed by atoms with Crippen LogP contribution < -0.4 is 10.1 Å². The Balaban J connectivity index is 1.89. The molecule has 0 unspecified atom stereocenters. The van der Waals surface area contributed by atoms with Gasteiger partial charge in [-0.2, -0.15) is 0 Å². The fraction of sp³-hybridized carbons (Fsp3) is 0.318. The van der Waals surface area contributed by atoms with Gasteiger partial charge in [0.2, 0.25) is 5.78 Å². The normalized spacial score (nSPS) is 11.4. The zero-order valence-corrected chi connectivity index (χ0v) is 16.4. The maximum absolute atomic E-state index is 12.4. The molecule has 2 rings (SSSR count). The van der Waals surface area contributed by atoms with E-state index in [4.69, 9.17) is 9.47 Å². The van der Waals surface area contributed by atoms with Crippen LogP contribution in [0.1, 0.15) is 47.1 Å². The lowest BCUT2D eigenvalue weighted by atomic mass is 10.0. The second-order valence-electron chi connectivity index (χ2n) is 6.16. The van der Waals surface area contributed by atoms with Gasteiger partial charge in [0.05, 0.1) is 12.2 Å². The number of nitrogens with one attached hydrogen (secondary N) is 1. The topological polar surface area (TPSA) is 81.7 Å². The Bertz CT molecular complexity index is 829. The van der Waals surface area contributed by atoms with Gasteiger partial charge in [0, 0.05) is 5.56 Å². The number of hydrogen-bond acceptors (Lipinski definition) is 5. The van der Waals surface area contributed by atoms with Crippen molar-refractivity contribution in [3.05, 3.63) is 65.2 Å². The maximum Gasteiger partial charge on any atom is 0.326 e. The van der Waals surface area contributed by atoms with Crippen molar-refractivity contribution < 1.29 is 23.9 Å². The average Bonchev–Trinajstić information content (AvgIpc) is 2.72. The molecule has 0 saturated heterocycles. The van der Waals surface area contributed by atoms with E-state index in [0.29, 0.717) is 23.5 Å². The van der Waals surface area contributed by atoms with Gasteiger partial charge in [-0.05, 0) is 38.0 Å².